The molecule has 0 N–H and O–H groups in total. The van der Waals surface area contributed by atoms with E-state index >= 15 is 0 Å². The van der Waals surface area contributed by atoms with Gasteiger partial charge in [0.05, 0.1) is 16.4 Å². The third-order valence-corrected chi connectivity index (χ3v) is 4.82. The lowest BCUT2D eigenvalue weighted by atomic mass is 9.95. The maximum atomic E-state index is 13.7. The number of nitrogens with zero attached hydrogens (tertiary/aromatic N) is 5. The summed E-state index contributed by atoms with van der Waals surface area (Å²) in [6.07, 6.45) is 4.86. The predicted octanol–water partition coefficient (Wildman–Crippen LogP) is 1.85. The molecule has 4 rings (SSSR count). The van der Waals surface area contributed by atoms with E-state index in [2.05, 4.69) is 19.9 Å². The van der Waals surface area contributed by atoms with Gasteiger partial charge in [-0.2, -0.15) is 10.2 Å². The van der Waals surface area contributed by atoms with E-state index in [1.807, 2.05) is 6.07 Å². The second kappa shape index (κ2) is 5.39. The normalized spacial score (nSPS) is 27.0. The van der Waals surface area contributed by atoms with E-state index in [1.54, 1.807) is 18.5 Å². The molecule has 2 atom stereocenters. The van der Waals surface area contributed by atoms with Crippen molar-refractivity contribution in [1.29, 1.82) is 5.26 Å². The SMILES string of the molecule is N#Cc1nccc2nc(OC[C@@]34CCCN3C[C@H](F)C4)ncc12. The van der Waals surface area contributed by atoms with Crippen LogP contribution in [0.5, 0.6) is 6.01 Å². The molecule has 2 fully saturated rings. The molecular formula is C16H16FN5O. The van der Waals surface area contributed by atoms with Gasteiger partial charge in [0.25, 0.3) is 0 Å². The Morgan fingerprint density at radius 2 is 2.39 bits per heavy atom. The Labute approximate surface area is 132 Å². The first-order valence-electron chi connectivity index (χ1n) is 7.74. The monoisotopic (exact) mass is 313 g/mol. The van der Waals surface area contributed by atoms with E-state index in [0.717, 1.165) is 19.4 Å². The summed E-state index contributed by atoms with van der Waals surface area (Å²) in [4.78, 5) is 14.7. The van der Waals surface area contributed by atoms with Crippen molar-refractivity contribution < 1.29 is 9.13 Å². The summed E-state index contributed by atoms with van der Waals surface area (Å²) in [5.74, 6) is 0. The zero-order chi connectivity index (χ0) is 15.9. The molecule has 0 amide bonds. The smallest absolute Gasteiger partial charge is 0.316 e. The molecule has 118 valence electrons. The molecule has 7 heteroatoms. The van der Waals surface area contributed by atoms with Crippen molar-refractivity contribution in [3.05, 3.63) is 24.2 Å². The molecular weight excluding hydrogens is 297 g/mol. The maximum absolute atomic E-state index is 13.7. The first kappa shape index (κ1) is 14.3. The Hall–Kier alpha value is -2.33. The van der Waals surface area contributed by atoms with E-state index in [0.29, 0.717) is 36.2 Å². The van der Waals surface area contributed by atoms with Crippen LogP contribution < -0.4 is 4.74 Å². The summed E-state index contributed by atoms with van der Waals surface area (Å²) < 4.78 is 19.5. The zero-order valence-electron chi connectivity index (χ0n) is 12.6. The highest BCUT2D eigenvalue weighted by Gasteiger charge is 2.49. The Bertz CT molecular complexity index is 792. The van der Waals surface area contributed by atoms with E-state index < -0.39 is 6.17 Å². The zero-order valence-corrected chi connectivity index (χ0v) is 12.6. The summed E-state index contributed by atoms with van der Waals surface area (Å²) in [5, 5.41) is 9.64. The molecule has 2 aliphatic heterocycles. The van der Waals surface area contributed by atoms with E-state index in [4.69, 9.17) is 10.00 Å². The van der Waals surface area contributed by atoms with Crippen molar-refractivity contribution in [2.24, 2.45) is 0 Å². The standard InChI is InChI=1S/C16H16FN5O/c17-11-6-16(3-1-5-22(16)9-11)10-23-15-20-8-12-13(21-15)2-4-19-14(12)7-18/h2,4,8,11H,1,3,5-6,9-10H2/t11-,16+/m1/s1. The second-order valence-electron chi connectivity index (χ2n) is 6.22. The van der Waals surface area contributed by atoms with Crippen molar-refractivity contribution in [2.45, 2.75) is 31.0 Å². The Morgan fingerprint density at radius 3 is 3.26 bits per heavy atom. The first-order chi connectivity index (χ1) is 11.2. The number of halogens is 1. The Kier molecular flexibility index (Phi) is 3.34. The Balaban J connectivity index is 1.56. The van der Waals surface area contributed by atoms with Crippen LogP contribution in [0.3, 0.4) is 0 Å². The number of alkyl halides is 1. The summed E-state index contributed by atoms with van der Waals surface area (Å²) in [7, 11) is 0. The molecule has 2 saturated heterocycles. The van der Waals surface area contributed by atoms with Gasteiger partial charge in [0.15, 0.2) is 5.69 Å². The summed E-state index contributed by atoms with van der Waals surface area (Å²) in [6.45, 7) is 1.83. The summed E-state index contributed by atoms with van der Waals surface area (Å²) >= 11 is 0. The fourth-order valence-corrected chi connectivity index (χ4v) is 3.75. The molecule has 4 heterocycles. The van der Waals surface area contributed by atoms with Crippen LogP contribution in [0.1, 0.15) is 25.0 Å². The molecule has 0 aromatic carbocycles. The third-order valence-electron chi connectivity index (χ3n) is 4.82. The summed E-state index contributed by atoms with van der Waals surface area (Å²) in [6, 6.07) is 4.00. The van der Waals surface area contributed by atoms with Gasteiger partial charge in [-0.1, -0.05) is 0 Å². The molecule has 0 radical (unpaired) electrons. The summed E-state index contributed by atoms with van der Waals surface area (Å²) in [5.41, 5.74) is 0.705. The number of nitriles is 1. The minimum absolute atomic E-state index is 0.214. The number of fused-ring (bicyclic) bond motifs is 2. The minimum atomic E-state index is -0.777. The van der Waals surface area contributed by atoms with Crippen LogP contribution in [0.4, 0.5) is 4.39 Å². The number of hydrogen-bond donors (Lipinski definition) is 0. The Morgan fingerprint density at radius 1 is 1.48 bits per heavy atom. The molecule has 0 unspecified atom stereocenters. The third kappa shape index (κ3) is 2.39. The van der Waals surface area contributed by atoms with E-state index in [-0.39, 0.29) is 11.5 Å². The average molecular weight is 313 g/mol. The topological polar surface area (TPSA) is 74.9 Å². The average Bonchev–Trinajstić information content (AvgIpc) is 3.07. The molecule has 0 bridgehead atoms. The van der Waals surface area contributed by atoms with Gasteiger partial charge < -0.3 is 4.74 Å². The van der Waals surface area contributed by atoms with Gasteiger partial charge in [0.2, 0.25) is 0 Å². The number of pyridine rings is 1. The lowest BCUT2D eigenvalue weighted by Gasteiger charge is -2.30. The predicted molar refractivity (Wildman–Crippen MR) is 80.6 cm³/mol. The molecule has 2 aliphatic rings. The maximum Gasteiger partial charge on any atom is 0.316 e. The van der Waals surface area contributed by atoms with Crippen molar-refractivity contribution >= 4 is 10.9 Å². The van der Waals surface area contributed by atoms with Crippen LogP contribution in [0.25, 0.3) is 10.9 Å². The number of ether oxygens (including phenoxy) is 1. The van der Waals surface area contributed by atoms with E-state index in [9.17, 15) is 4.39 Å². The first-order valence-corrected chi connectivity index (χ1v) is 7.74. The molecule has 6 nitrogen and oxygen atoms in total. The van der Waals surface area contributed by atoms with Crippen LogP contribution in [0, 0.1) is 11.3 Å². The number of rotatable bonds is 3. The van der Waals surface area contributed by atoms with Gasteiger partial charge in [-0.15, -0.1) is 0 Å². The van der Waals surface area contributed by atoms with Crippen LogP contribution in [0.2, 0.25) is 0 Å². The van der Waals surface area contributed by atoms with Gasteiger partial charge in [0, 0.05) is 25.4 Å². The van der Waals surface area contributed by atoms with E-state index in [1.165, 1.54) is 0 Å². The molecule has 23 heavy (non-hydrogen) atoms. The van der Waals surface area contributed by atoms with Crippen molar-refractivity contribution in [1.82, 2.24) is 19.9 Å². The lowest BCUT2D eigenvalue weighted by molar-refractivity contribution is 0.107. The van der Waals surface area contributed by atoms with Gasteiger partial charge in [0.1, 0.15) is 18.8 Å². The van der Waals surface area contributed by atoms with Gasteiger partial charge in [-0.25, -0.2) is 14.4 Å². The fourth-order valence-electron chi connectivity index (χ4n) is 3.75. The van der Waals surface area contributed by atoms with Crippen molar-refractivity contribution in [2.75, 3.05) is 19.7 Å². The van der Waals surface area contributed by atoms with Crippen molar-refractivity contribution in [3.63, 3.8) is 0 Å². The van der Waals surface area contributed by atoms with Gasteiger partial charge in [-0.3, -0.25) is 4.90 Å². The second-order valence-corrected chi connectivity index (χ2v) is 6.22. The highest BCUT2D eigenvalue weighted by molar-refractivity contribution is 5.82. The van der Waals surface area contributed by atoms with Crippen LogP contribution in [-0.2, 0) is 0 Å². The molecule has 0 spiro atoms. The molecule has 2 aromatic rings. The highest BCUT2D eigenvalue weighted by atomic mass is 19.1. The van der Waals surface area contributed by atoms with Crippen LogP contribution >= 0.6 is 0 Å². The van der Waals surface area contributed by atoms with Gasteiger partial charge in [-0.05, 0) is 25.5 Å². The molecule has 0 saturated carbocycles. The van der Waals surface area contributed by atoms with Crippen LogP contribution in [0.15, 0.2) is 18.5 Å². The quantitative estimate of drug-likeness (QED) is 0.861. The molecule has 0 aliphatic carbocycles. The largest absolute Gasteiger partial charge is 0.461 e. The van der Waals surface area contributed by atoms with Gasteiger partial charge >= 0.3 is 6.01 Å². The lowest BCUT2D eigenvalue weighted by Crippen LogP contribution is -2.43. The fraction of sp³-hybridized carbons (Fsp3) is 0.500. The number of hydrogen-bond acceptors (Lipinski definition) is 6. The van der Waals surface area contributed by atoms with Crippen LogP contribution in [-0.4, -0.2) is 51.3 Å². The number of aromatic nitrogens is 3. The highest BCUT2D eigenvalue weighted by Crippen LogP contribution is 2.40. The molecule has 2 aromatic heterocycles. The van der Waals surface area contributed by atoms with Crippen molar-refractivity contribution in [3.8, 4) is 12.1 Å². The minimum Gasteiger partial charge on any atom is -0.461 e.